The summed E-state index contributed by atoms with van der Waals surface area (Å²) in [6.07, 6.45) is 4.19. The van der Waals surface area contributed by atoms with Crippen molar-refractivity contribution in [3.05, 3.63) is 23.8 Å². The van der Waals surface area contributed by atoms with E-state index in [1.807, 2.05) is 6.07 Å². The molecule has 1 saturated carbocycles. The number of carbonyl (C=O) groups excluding carboxylic acids is 1. The molecule has 0 unspecified atom stereocenters. The van der Waals surface area contributed by atoms with E-state index in [-0.39, 0.29) is 18.3 Å². The number of hydrogen-bond donors (Lipinski definition) is 2. The number of fused-ring (bicyclic) bond motifs is 1. The van der Waals surface area contributed by atoms with Gasteiger partial charge in [-0.2, -0.15) is 0 Å². The third kappa shape index (κ3) is 2.91. The van der Waals surface area contributed by atoms with E-state index >= 15 is 0 Å². The average molecular weight is 253 g/mol. The monoisotopic (exact) mass is 252 g/mol. The molecule has 0 radical (unpaired) electrons. The van der Waals surface area contributed by atoms with Gasteiger partial charge in [0.05, 0.1) is 0 Å². The van der Waals surface area contributed by atoms with Crippen molar-refractivity contribution in [3.8, 4) is 0 Å². The molecule has 17 heavy (non-hydrogen) atoms. The number of hydrogen-bond acceptors (Lipinski definition) is 2. The fourth-order valence-electron chi connectivity index (χ4n) is 2.18. The molecule has 1 aliphatic carbocycles. The Bertz CT molecular complexity index is 429. The molecule has 1 aliphatic heterocycles. The maximum Gasteiger partial charge on any atom is 0.224 e. The normalized spacial score (nSPS) is 16.7. The molecule has 1 amide bonds. The summed E-state index contributed by atoms with van der Waals surface area (Å²) in [6, 6.07) is 6.11. The van der Waals surface area contributed by atoms with Gasteiger partial charge in [0, 0.05) is 24.3 Å². The highest BCUT2D eigenvalue weighted by atomic mass is 35.5. The fourth-order valence-corrected chi connectivity index (χ4v) is 2.18. The molecular formula is C13H17ClN2O. The third-order valence-electron chi connectivity index (χ3n) is 3.27. The van der Waals surface area contributed by atoms with Crippen molar-refractivity contribution in [1.82, 2.24) is 0 Å². The summed E-state index contributed by atoms with van der Waals surface area (Å²) in [4.78, 5) is 11.6. The molecule has 3 nitrogen and oxygen atoms in total. The van der Waals surface area contributed by atoms with Crippen LogP contribution in [-0.4, -0.2) is 12.5 Å². The quantitative estimate of drug-likeness (QED) is 0.869. The molecule has 2 N–H and O–H groups in total. The van der Waals surface area contributed by atoms with Gasteiger partial charge in [-0.3, -0.25) is 4.79 Å². The Morgan fingerprint density at radius 2 is 2.24 bits per heavy atom. The van der Waals surface area contributed by atoms with Gasteiger partial charge >= 0.3 is 0 Å². The van der Waals surface area contributed by atoms with Crippen LogP contribution in [0.25, 0.3) is 0 Å². The van der Waals surface area contributed by atoms with Crippen molar-refractivity contribution in [1.29, 1.82) is 0 Å². The number of carbonyl (C=O) groups is 1. The lowest BCUT2D eigenvalue weighted by molar-refractivity contribution is -0.116. The number of anilines is 2. The van der Waals surface area contributed by atoms with Crippen molar-refractivity contribution >= 4 is 29.7 Å². The number of benzene rings is 1. The summed E-state index contributed by atoms with van der Waals surface area (Å²) in [5.41, 5.74) is 3.46. The Kier molecular flexibility index (Phi) is 3.57. The van der Waals surface area contributed by atoms with Crippen molar-refractivity contribution in [2.45, 2.75) is 25.7 Å². The smallest absolute Gasteiger partial charge is 0.224 e. The summed E-state index contributed by atoms with van der Waals surface area (Å²) in [7, 11) is 0. The predicted molar refractivity (Wildman–Crippen MR) is 71.9 cm³/mol. The highest BCUT2D eigenvalue weighted by Crippen LogP contribution is 2.32. The zero-order valence-corrected chi connectivity index (χ0v) is 10.5. The number of halogens is 1. The Morgan fingerprint density at radius 1 is 1.41 bits per heavy atom. The van der Waals surface area contributed by atoms with Crippen molar-refractivity contribution in [3.63, 3.8) is 0 Å². The van der Waals surface area contributed by atoms with Crippen LogP contribution in [0.4, 0.5) is 11.4 Å². The second-order valence-electron chi connectivity index (χ2n) is 4.74. The maximum absolute atomic E-state index is 11.6. The molecule has 1 aromatic rings. The van der Waals surface area contributed by atoms with Crippen molar-refractivity contribution in [2.24, 2.45) is 5.92 Å². The minimum absolute atomic E-state index is 0. The minimum atomic E-state index is 0. The van der Waals surface area contributed by atoms with Crippen LogP contribution in [0.1, 0.15) is 24.8 Å². The Morgan fingerprint density at radius 3 is 3.00 bits per heavy atom. The first-order valence-corrected chi connectivity index (χ1v) is 5.98. The topological polar surface area (TPSA) is 41.1 Å². The van der Waals surface area contributed by atoms with Gasteiger partial charge in [-0.15, -0.1) is 12.4 Å². The number of amides is 1. The van der Waals surface area contributed by atoms with E-state index in [1.54, 1.807) is 0 Å². The predicted octanol–water partition coefficient (Wildman–Crippen LogP) is 2.82. The highest BCUT2D eigenvalue weighted by molar-refractivity contribution is 5.91. The first-order chi connectivity index (χ1) is 7.81. The Balaban J connectivity index is 0.00000108. The Hall–Kier alpha value is -1.22. The maximum atomic E-state index is 11.6. The fraction of sp³-hybridized carbons (Fsp3) is 0.462. The molecule has 0 bridgehead atoms. The minimum Gasteiger partial charge on any atom is -0.384 e. The molecule has 1 fully saturated rings. The molecule has 3 rings (SSSR count). The average Bonchev–Trinajstić information content (AvgIpc) is 2.95. The molecule has 2 aliphatic rings. The molecule has 4 heteroatoms. The molecule has 0 aromatic heterocycles. The van der Waals surface area contributed by atoms with E-state index < -0.39 is 0 Å². The van der Waals surface area contributed by atoms with Gasteiger partial charge in [0.25, 0.3) is 0 Å². The van der Waals surface area contributed by atoms with E-state index in [4.69, 9.17) is 0 Å². The van der Waals surface area contributed by atoms with E-state index in [0.717, 1.165) is 18.7 Å². The van der Waals surface area contributed by atoms with Crippen LogP contribution >= 0.6 is 12.4 Å². The summed E-state index contributed by atoms with van der Waals surface area (Å²) in [5.74, 6) is 0.810. The van der Waals surface area contributed by atoms with Crippen LogP contribution in [0.15, 0.2) is 18.2 Å². The van der Waals surface area contributed by atoms with Crippen LogP contribution < -0.4 is 10.6 Å². The van der Waals surface area contributed by atoms with Crippen molar-refractivity contribution in [2.75, 3.05) is 17.2 Å². The number of nitrogens with one attached hydrogen (secondary N) is 2. The lowest BCUT2D eigenvalue weighted by Gasteiger charge is -2.06. The third-order valence-corrected chi connectivity index (χ3v) is 3.27. The van der Waals surface area contributed by atoms with Gasteiger partial charge in [0.1, 0.15) is 0 Å². The van der Waals surface area contributed by atoms with Crippen LogP contribution in [0, 0.1) is 5.92 Å². The molecule has 0 spiro atoms. The summed E-state index contributed by atoms with van der Waals surface area (Å²) < 4.78 is 0. The van der Waals surface area contributed by atoms with Gasteiger partial charge < -0.3 is 10.6 Å². The van der Waals surface area contributed by atoms with E-state index in [9.17, 15) is 4.79 Å². The summed E-state index contributed by atoms with van der Waals surface area (Å²) in [5, 5.41) is 6.29. The van der Waals surface area contributed by atoms with Gasteiger partial charge in [0.2, 0.25) is 5.91 Å². The lowest BCUT2D eigenvalue weighted by atomic mass is 10.1. The molecule has 92 valence electrons. The van der Waals surface area contributed by atoms with E-state index in [1.165, 1.54) is 24.1 Å². The Labute approximate surface area is 107 Å². The van der Waals surface area contributed by atoms with Crippen LogP contribution in [0.2, 0.25) is 0 Å². The zero-order valence-electron chi connectivity index (χ0n) is 9.66. The van der Waals surface area contributed by atoms with Gasteiger partial charge in [-0.25, -0.2) is 0 Å². The highest BCUT2D eigenvalue weighted by Gasteiger charge is 2.24. The van der Waals surface area contributed by atoms with E-state index in [2.05, 4.69) is 22.8 Å². The largest absolute Gasteiger partial charge is 0.384 e. The summed E-state index contributed by atoms with van der Waals surface area (Å²) in [6.45, 7) is 1.01. The standard InChI is InChI=1S/C13H16N2O.ClH/c16-13(7-9-1-2-9)15-11-3-4-12-10(8-11)5-6-14-12;/h3-4,8-9,14H,1-2,5-7H2,(H,15,16);1H. The molecule has 0 atom stereocenters. The SMILES string of the molecule is Cl.O=C(CC1CC1)Nc1ccc2c(c1)CCN2. The van der Waals surface area contributed by atoms with Crippen LogP contribution in [-0.2, 0) is 11.2 Å². The lowest BCUT2D eigenvalue weighted by Crippen LogP contribution is -2.11. The molecule has 1 aromatic carbocycles. The van der Waals surface area contributed by atoms with Crippen LogP contribution in [0.5, 0.6) is 0 Å². The molecular weight excluding hydrogens is 236 g/mol. The number of rotatable bonds is 3. The second kappa shape index (κ2) is 4.96. The second-order valence-corrected chi connectivity index (χ2v) is 4.74. The summed E-state index contributed by atoms with van der Waals surface area (Å²) >= 11 is 0. The first-order valence-electron chi connectivity index (χ1n) is 5.98. The van der Waals surface area contributed by atoms with Crippen molar-refractivity contribution < 1.29 is 4.79 Å². The van der Waals surface area contributed by atoms with E-state index in [0.29, 0.717) is 12.3 Å². The van der Waals surface area contributed by atoms with Gasteiger partial charge in [-0.05, 0) is 48.9 Å². The molecule has 0 saturated heterocycles. The van der Waals surface area contributed by atoms with Crippen LogP contribution in [0.3, 0.4) is 0 Å². The molecule has 1 heterocycles. The first kappa shape index (κ1) is 12.2. The van der Waals surface area contributed by atoms with Gasteiger partial charge in [0.15, 0.2) is 0 Å². The zero-order chi connectivity index (χ0) is 11.0. The van der Waals surface area contributed by atoms with Gasteiger partial charge in [-0.1, -0.05) is 0 Å².